The second kappa shape index (κ2) is 5.39. The Morgan fingerprint density at radius 1 is 1.17 bits per heavy atom. The maximum atomic E-state index is 4.07. The SMILES string of the molecule is c1ccc(-n2nnnc2NC2CCSCC2)cc1. The van der Waals surface area contributed by atoms with E-state index >= 15 is 0 Å². The van der Waals surface area contributed by atoms with Gasteiger partial charge in [0.1, 0.15) is 0 Å². The molecular formula is C12H15N5S. The van der Waals surface area contributed by atoms with E-state index in [0.29, 0.717) is 6.04 Å². The van der Waals surface area contributed by atoms with Crippen LogP contribution in [0.2, 0.25) is 0 Å². The highest BCUT2D eigenvalue weighted by atomic mass is 32.2. The average molecular weight is 261 g/mol. The Kier molecular flexibility index (Phi) is 3.45. The molecule has 0 radical (unpaired) electrons. The summed E-state index contributed by atoms with van der Waals surface area (Å²) < 4.78 is 1.75. The van der Waals surface area contributed by atoms with Gasteiger partial charge < -0.3 is 5.32 Å². The van der Waals surface area contributed by atoms with E-state index in [1.54, 1.807) is 4.68 Å². The number of hydrogen-bond donors (Lipinski definition) is 1. The van der Waals surface area contributed by atoms with Gasteiger partial charge in [-0.2, -0.15) is 16.4 Å². The molecule has 1 aliphatic rings. The number of tetrazole rings is 1. The highest BCUT2D eigenvalue weighted by Crippen LogP contribution is 2.20. The molecule has 2 heterocycles. The topological polar surface area (TPSA) is 55.6 Å². The van der Waals surface area contributed by atoms with Gasteiger partial charge in [0.2, 0.25) is 5.95 Å². The first-order valence-electron chi connectivity index (χ1n) is 6.11. The Hall–Kier alpha value is -1.56. The molecule has 0 atom stereocenters. The van der Waals surface area contributed by atoms with Crippen molar-refractivity contribution in [3.8, 4) is 5.69 Å². The zero-order valence-corrected chi connectivity index (χ0v) is 10.8. The Balaban J connectivity index is 1.79. The fourth-order valence-electron chi connectivity index (χ4n) is 2.04. The first-order valence-corrected chi connectivity index (χ1v) is 7.27. The number of nitrogens with zero attached hydrogens (tertiary/aromatic N) is 4. The van der Waals surface area contributed by atoms with E-state index in [9.17, 15) is 0 Å². The second-order valence-electron chi connectivity index (χ2n) is 4.28. The van der Waals surface area contributed by atoms with E-state index in [0.717, 1.165) is 11.6 Å². The zero-order valence-electron chi connectivity index (χ0n) is 9.99. The van der Waals surface area contributed by atoms with Crippen molar-refractivity contribution < 1.29 is 0 Å². The highest BCUT2D eigenvalue weighted by Gasteiger charge is 2.16. The lowest BCUT2D eigenvalue weighted by molar-refractivity contribution is 0.655. The number of aromatic nitrogens is 4. The average Bonchev–Trinajstić information content (AvgIpc) is 2.89. The zero-order chi connectivity index (χ0) is 12.2. The summed E-state index contributed by atoms with van der Waals surface area (Å²) in [5, 5.41) is 15.3. The number of nitrogens with one attached hydrogen (secondary N) is 1. The van der Waals surface area contributed by atoms with Gasteiger partial charge in [-0.25, -0.2) is 0 Å². The van der Waals surface area contributed by atoms with Gasteiger partial charge >= 0.3 is 0 Å². The van der Waals surface area contributed by atoms with Crippen LogP contribution < -0.4 is 5.32 Å². The van der Waals surface area contributed by atoms with Gasteiger partial charge in [0.25, 0.3) is 0 Å². The quantitative estimate of drug-likeness (QED) is 0.915. The number of thioether (sulfide) groups is 1. The molecule has 0 saturated carbocycles. The number of hydrogen-bond acceptors (Lipinski definition) is 5. The van der Waals surface area contributed by atoms with Crippen molar-refractivity contribution in [1.82, 2.24) is 20.2 Å². The molecule has 0 spiro atoms. The Morgan fingerprint density at radius 3 is 2.72 bits per heavy atom. The fourth-order valence-corrected chi connectivity index (χ4v) is 3.15. The molecule has 1 fully saturated rings. The van der Waals surface area contributed by atoms with Crippen LogP contribution in [0, 0.1) is 0 Å². The van der Waals surface area contributed by atoms with E-state index in [-0.39, 0.29) is 0 Å². The second-order valence-corrected chi connectivity index (χ2v) is 5.51. The number of benzene rings is 1. The van der Waals surface area contributed by atoms with Gasteiger partial charge in [-0.1, -0.05) is 23.3 Å². The molecule has 0 bridgehead atoms. The summed E-state index contributed by atoms with van der Waals surface area (Å²) in [7, 11) is 0. The van der Waals surface area contributed by atoms with Crippen molar-refractivity contribution in [3.63, 3.8) is 0 Å². The lowest BCUT2D eigenvalue weighted by atomic mass is 10.2. The summed E-state index contributed by atoms with van der Waals surface area (Å²) in [5.74, 6) is 3.16. The highest BCUT2D eigenvalue weighted by molar-refractivity contribution is 7.99. The van der Waals surface area contributed by atoms with Crippen LogP contribution in [-0.4, -0.2) is 37.8 Å². The Bertz CT molecular complexity index is 492. The summed E-state index contributed by atoms with van der Waals surface area (Å²) in [6.07, 6.45) is 2.35. The van der Waals surface area contributed by atoms with E-state index < -0.39 is 0 Å². The fraction of sp³-hybridized carbons (Fsp3) is 0.417. The smallest absolute Gasteiger partial charge is 0.247 e. The molecule has 1 aromatic heterocycles. The largest absolute Gasteiger partial charge is 0.350 e. The van der Waals surface area contributed by atoms with Crippen molar-refractivity contribution in [2.75, 3.05) is 16.8 Å². The molecule has 1 aromatic carbocycles. The predicted octanol–water partition coefficient (Wildman–Crippen LogP) is 1.97. The van der Waals surface area contributed by atoms with Crippen LogP contribution in [0.25, 0.3) is 5.69 Å². The van der Waals surface area contributed by atoms with Crippen LogP contribution in [0.5, 0.6) is 0 Å². The summed E-state index contributed by atoms with van der Waals surface area (Å²) in [5.41, 5.74) is 0.982. The number of para-hydroxylation sites is 1. The third kappa shape index (κ3) is 2.48. The van der Waals surface area contributed by atoms with Crippen LogP contribution in [0.15, 0.2) is 30.3 Å². The molecule has 1 N–H and O–H groups in total. The Labute approximate surface area is 110 Å². The first kappa shape index (κ1) is 11.5. The molecule has 0 amide bonds. The molecular weight excluding hydrogens is 246 g/mol. The van der Waals surface area contributed by atoms with Crippen LogP contribution >= 0.6 is 11.8 Å². The van der Waals surface area contributed by atoms with Crippen molar-refractivity contribution >= 4 is 17.7 Å². The Morgan fingerprint density at radius 2 is 1.94 bits per heavy atom. The van der Waals surface area contributed by atoms with Crippen molar-refractivity contribution in [1.29, 1.82) is 0 Å². The molecule has 1 aliphatic heterocycles. The monoisotopic (exact) mass is 261 g/mol. The minimum absolute atomic E-state index is 0.486. The normalized spacial score (nSPS) is 16.7. The third-order valence-electron chi connectivity index (χ3n) is 3.02. The molecule has 18 heavy (non-hydrogen) atoms. The van der Waals surface area contributed by atoms with Crippen molar-refractivity contribution in [3.05, 3.63) is 30.3 Å². The molecule has 94 valence electrons. The molecule has 0 unspecified atom stereocenters. The molecule has 5 nitrogen and oxygen atoms in total. The molecule has 6 heteroatoms. The molecule has 2 aromatic rings. The standard InChI is InChI=1S/C12H15N5S/c1-2-4-11(5-3-1)17-12(14-15-16-17)13-10-6-8-18-9-7-10/h1-5,10H,6-9H2,(H,13,14,16). The van der Waals surface area contributed by atoms with Gasteiger partial charge in [-0.3, -0.25) is 0 Å². The maximum Gasteiger partial charge on any atom is 0.247 e. The predicted molar refractivity (Wildman–Crippen MR) is 73.1 cm³/mol. The van der Waals surface area contributed by atoms with Crippen LogP contribution in [-0.2, 0) is 0 Å². The van der Waals surface area contributed by atoms with E-state index in [1.807, 2.05) is 42.1 Å². The summed E-state index contributed by atoms with van der Waals surface area (Å²) >= 11 is 2.01. The summed E-state index contributed by atoms with van der Waals surface area (Å²) in [6.45, 7) is 0. The lowest BCUT2D eigenvalue weighted by Crippen LogP contribution is -2.26. The third-order valence-corrected chi connectivity index (χ3v) is 4.07. The van der Waals surface area contributed by atoms with E-state index in [4.69, 9.17) is 0 Å². The van der Waals surface area contributed by atoms with Crippen molar-refractivity contribution in [2.24, 2.45) is 0 Å². The molecule has 3 rings (SSSR count). The summed E-state index contributed by atoms with van der Waals surface area (Å²) in [6, 6.07) is 10.4. The lowest BCUT2D eigenvalue weighted by Gasteiger charge is -2.22. The van der Waals surface area contributed by atoms with E-state index in [2.05, 4.69) is 20.8 Å². The van der Waals surface area contributed by atoms with Gasteiger partial charge in [0.05, 0.1) is 5.69 Å². The number of rotatable bonds is 3. The molecule has 1 saturated heterocycles. The van der Waals surface area contributed by atoms with Crippen LogP contribution in [0.1, 0.15) is 12.8 Å². The first-order chi connectivity index (χ1) is 8.93. The summed E-state index contributed by atoms with van der Waals surface area (Å²) in [4.78, 5) is 0. The number of anilines is 1. The maximum absolute atomic E-state index is 4.07. The van der Waals surface area contributed by atoms with Crippen LogP contribution in [0.4, 0.5) is 5.95 Å². The van der Waals surface area contributed by atoms with Crippen LogP contribution in [0.3, 0.4) is 0 Å². The minimum atomic E-state index is 0.486. The minimum Gasteiger partial charge on any atom is -0.350 e. The molecule has 0 aliphatic carbocycles. The van der Waals surface area contributed by atoms with Gasteiger partial charge in [0, 0.05) is 6.04 Å². The van der Waals surface area contributed by atoms with E-state index in [1.165, 1.54) is 24.3 Å². The van der Waals surface area contributed by atoms with Crippen molar-refractivity contribution in [2.45, 2.75) is 18.9 Å². The van der Waals surface area contributed by atoms with Gasteiger partial charge in [-0.05, 0) is 46.9 Å². The van der Waals surface area contributed by atoms with Gasteiger partial charge in [0.15, 0.2) is 0 Å². The van der Waals surface area contributed by atoms with Gasteiger partial charge in [-0.15, -0.1) is 0 Å².